The Morgan fingerprint density at radius 2 is 2.10 bits per heavy atom. The number of anilines is 1. The van der Waals surface area contributed by atoms with E-state index in [1.165, 1.54) is 7.11 Å². The summed E-state index contributed by atoms with van der Waals surface area (Å²) in [5, 5.41) is 4.89. The quantitative estimate of drug-likeness (QED) is 0.624. The van der Waals surface area contributed by atoms with Crippen LogP contribution in [-0.2, 0) is 19.6 Å². The Bertz CT molecular complexity index is 914. The highest BCUT2D eigenvalue weighted by molar-refractivity contribution is 7.89. The minimum Gasteiger partial charge on any atom is -0.385 e. The summed E-state index contributed by atoms with van der Waals surface area (Å²) in [4.78, 5) is 26.8. The highest BCUT2D eigenvalue weighted by atomic mass is 32.2. The number of carbonyl (C=O) groups is 2. The molecule has 12 heteroatoms. The lowest BCUT2D eigenvalue weighted by atomic mass is 10.1. The van der Waals surface area contributed by atoms with Gasteiger partial charge >= 0.3 is 6.03 Å². The van der Waals surface area contributed by atoms with Crippen LogP contribution in [0.5, 0.6) is 0 Å². The van der Waals surface area contributed by atoms with Crippen LogP contribution in [0.4, 0.5) is 19.3 Å². The van der Waals surface area contributed by atoms with Crippen LogP contribution in [0, 0.1) is 11.6 Å². The molecule has 0 spiro atoms. The first-order valence-electron chi connectivity index (χ1n) is 9.51. The Balaban J connectivity index is 1.63. The molecule has 0 aliphatic carbocycles. The standard InChI is InChI=1S/C18H24F2N4O5S/c1-29-7-2-5-24-17(25)16-10-13(11-23(16)6-8-30(24,27)28)21-18(26)22-15-9-12(19)3-4-14(15)20/h3-4,9,13,16H,2,5-8,10-11H2,1H3,(H2,21,22,26). The van der Waals surface area contributed by atoms with E-state index in [0.717, 1.165) is 22.5 Å². The highest BCUT2D eigenvalue weighted by Gasteiger charge is 2.45. The number of hydrogen-bond acceptors (Lipinski definition) is 6. The number of hydrogen-bond donors (Lipinski definition) is 2. The molecule has 3 amide bonds. The molecule has 2 saturated heterocycles. The molecule has 2 N–H and O–H groups in total. The smallest absolute Gasteiger partial charge is 0.319 e. The summed E-state index contributed by atoms with van der Waals surface area (Å²) in [5.41, 5.74) is -0.300. The number of rotatable bonds is 6. The van der Waals surface area contributed by atoms with Crippen LogP contribution in [0.2, 0.25) is 0 Å². The molecule has 2 aliphatic heterocycles. The highest BCUT2D eigenvalue weighted by Crippen LogP contribution is 2.25. The first-order chi connectivity index (χ1) is 14.2. The van der Waals surface area contributed by atoms with Crippen molar-refractivity contribution in [1.82, 2.24) is 14.5 Å². The van der Waals surface area contributed by atoms with E-state index >= 15 is 0 Å². The largest absolute Gasteiger partial charge is 0.385 e. The summed E-state index contributed by atoms with van der Waals surface area (Å²) < 4.78 is 57.7. The van der Waals surface area contributed by atoms with E-state index in [1.807, 2.05) is 0 Å². The lowest BCUT2D eigenvalue weighted by Crippen LogP contribution is -2.45. The number of nitrogens with one attached hydrogen (secondary N) is 2. The molecule has 2 heterocycles. The molecule has 2 aliphatic rings. The number of methoxy groups -OCH3 is 1. The van der Waals surface area contributed by atoms with E-state index < -0.39 is 45.7 Å². The van der Waals surface area contributed by atoms with Crippen molar-refractivity contribution in [2.75, 3.05) is 44.4 Å². The van der Waals surface area contributed by atoms with E-state index in [-0.39, 0.29) is 37.5 Å². The predicted molar refractivity (Wildman–Crippen MR) is 104 cm³/mol. The maximum atomic E-state index is 13.7. The van der Waals surface area contributed by atoms with Gasteiger partial charge in [0.05, 0.1) is 17.5 Å². The number of amides is 3. The molecule has 2 unspecified atom stereocenters. The third-order valence-corrected chi connectivity index (χ3v) is 6.86. The SMILES string of the molecule is COCCCN1C(=O)C2CC(NC(=O)Nc3cc(F)ccc3F)CN2CCS1(=O)=O. The molecule has 0 aromatic heterocycles. The number of sulfonamides is 1. The second kappa shape index (κ2) is 9.23. The first kappa shape index (κ1) is 22.4. The van der Waals surface area contributed by atoms with Gasteiger partial charge in [-0.05, 0) is 25.0 Å². The Morgan fingerprint density at radius 3 is 2.83 bits per heavy atom. The molecule has 9 nitrogen and oxygen atoms in total. The third-order valence-electron chi connectivity index (χ3n) is 5.13. The number of urea groups is 1. The van der Waals surface area contributed by atoms with Crippen LogP contribution in [0.3, 0.4) is 0 Å². The van der Waals surface area contributed by atoms with E-state index in [0.29, 0.717) is 13.0 Å². The minimum atomic E-state index is -3.71. The molecule has 1 aromatic rings. The van der Waals surface area contributed by atoms with Gasteiger partial charge in [-0.15, -0.1) is 0 Å². The zero-order valence-corrected chi connectivity index (χ0v) is 17.3. The predicted octanol–water partition coefficient (Wildman–Crippen LogP) is 0.738. The van der Waals surface area contributed by atoms with Crippen molar-refractivity contribution in [3.05, 3.63) is 29.8 Å². The van der Waals surface area contributed by atoms with Gasteiger partial charge < -0.3 is 15.4 Å². The normalized spacial score (nSPS) is 23.7. The molecule has 0 saturated carbocycles. The Labute approximate surface area is 173 Å². The number of halogens is 2. The van der Waals surface area contributed by atoms with Gasteiger partial charge in [0.2, 0.25) is 10.0 Å². The number of benzene rings is 1. The fourth-order valence-electron chi connectivity index (χ4n) is 3.70. The zero-order chi connectivity index (χ0) is 21.9. The van der Waals surface area contributed by atoms with Crippen molar-refractivity contribution < 1.29 is 31.5 Å². The van der Waals surface area contributed by atoms with E-state index in [2.05, 4.69) is 10.6 Å². The summed E-state index contributed by atoms with van der Waals surface area (Å²) in [6, 6.07) is 0.844. The van der Waals surface area contributed by atoms with Crippen molar-refractivity contribution in [2.24, 2.45) is 0 Å². The fourth-order valence-corrected chi connectivity index (χ4v) is 5.19. The topological polar surface area (TPSA) is 108 Å². The Kier molecular flexibility index (Phi) is 6.88. The van der Waals surface area contributed by atoms with Crippen LogP contribution in [0.25, 0.3) is 0 Å². The van der Waals surface area contributed by atoms with Gasteiger partial charge in [0.15, 0.2) is 0 Å². The molecule has 3 rings (SSSR count). The van der Waals surface area contributed by atoms with Crippen LogP contribution in [0.15, 0.2) is 18.2 Å². The number of fused-ring (bicyclic) bond motifs is 1. The Hall–Kier alpha value is -2.31. The van der Waals surface area contributed by atoms with Crippen molar-refractivity contribution in [3.8, 4) is 0 Å². The van der Waals surface area contributed by atoms with Crippen LogP contribution < -0.4 is 10.6 Å². The van der Waals surface area contributed by atoms with Gasteiger partial charge in [0, 0.05) is 45.5 Å². The molecule has 166 valence electrons. The number of nitrogens with zero attached hydrogens (tertiary/aromatic N) is 2. The van der Waals surface area contributed by atoms with Gasteiger partial charge in [-0.2, -0.15) is 0 Å². The van der Waals surface area contributed by atoms with Crippen LogP contribution in [-0.4, -0.2) is 80.7 Å². The number of ether oxygens (including phenoxy) is 1. The van der Waals surface area contributed by atoms with Crippen molar-refractivity contribution in [1.29, 1.82) is 0 Å². The van der Waals surface area contributed by atoms with Gasteiger partial charge in [-0.3, -0.25) is 9.69 Å². The van der Waals surface area contributed by atoms with Crippen molar-refractivity contribution in [2.45, 2.75) is 24.9 Å². The van der Waals surface area contributed by atoms with E-state index in [1.54, 1.807) is 4.90 Å². The van der Waals surface area contributed by atoms with Gasteiger partial charge in [0.1, 0.15) is 11.6 Å². The third kappa shape index (κ3) is 5.05. The van der Waals surface area contributed by atoms with Crippen LogP contribution in [0.1, 0.15) is 12.8 Å². The molecular weight excluding hydrogens is 422 g/mol. The van der Waals surface area contributed by atoms with Gasteiger partial charge in [-0.25, -0.2) is 26.3 Å². The lowest BCUT2D eigenvalue weighted by Gasteiger charge is -2.23. The average molecular weight is 446 g/mol. The van der Waals surface area contributed by atoms with Crippen LogP contribution >= 0.6 is 0 Å². The molecule has 2 atom stereocenters. The van der Waals surface area contributed by atoms with Crippen molar-refractivity contribution >= 4 is 27.6 Å². The molecule has 30 heavy (non-hydrogen) atoms. The molecular formula is C18H24F2N4O5S. The van der Waals surface area contributed by atoms with E-state index in [4.69, 9.17) is 4.74 Å². The average Bonchev–Trinajstić information content (AvgIpc) is 3.05. The summed E-state index contributed by atoms with van der Waals surface area (Å²) in [6.07, 6.45) is 0.603. The summed E-state index contributed by atoms with van der Waals surface area (Å²) >= 11 is 0. The monoisotopic (exact) mass is 446 g/mol. The fraction of sp³-hybridized carbons (Fsp3) is 0.556. The minimum absolute atomic E-state index is 0.0385. The molecule has 1 aromatic carbocycles. The summed E-state index contributed by atoms with van der Waals surface area (Å²) in [7, 11) is -2.22. The summed E-state index contributed by atoms with van der Waals surface area (Å²) in [5.74, 6) is -2.19. The summed E-state index contributed by atoms with van der Waals surface area (Å²) in [6.45, 7) is 0.806. The second-order valence-corrected chi connectivity index (χ2v) is 9.25. The maximum Gasteiger partial charge on any atom is 0.319 e. The number of carbonyl (C=O) groups excluding carboxylic acids is 2. The zero-order valence-electron chi connectivity index (χ0n) is 16.4. The lowest BCUT2D eigenvalue weighted by molar-refractivity contribution is -0.130. The van der Waals surface area contributed by atoms with Crippen molar-refractivity contribution in [3.63, 3.8) is 0 Å². The molecule has 0 bridgehead atoms. The van der Waals surface area contributed by atoms with Gasteiger partial charge in [-0.1, -0.05) is 0 Å². The Morgan fingerprint density at radius 1 is 1.33 bits per heavy atom. The maximum absolute atomic E-state index is 13.7. The first-order valence-corrected chi connectivity index (χ1v) is 11.1. The second-order valence-electron chi connectivity index (χ2n) is 7.24. The van der Waals surface area contributed by atoms with Gasteiger partial charge in [0.25, 0.3) is 5.91 Å². The molecule has 0 radical (unpaired) electrons. The van der Waals surface area contributed by atoms with E-state index in [9.17, 15) is 26.8 Å². The molecule has 2 fully saturated rings.